The first-order valence-corrected chi connectivity index (χ1v) is 11.9. The fraction of sp³-hybridized carbons (Fsp3) is 0.520. The van der Waals surface area contributed by atoms with Gasteiger partial charge >= 0.3 is 0 Å². The maximum Gasteiger partial charge on any atom is 0.276 e. The van der Waals surface area contributed by atoms with Crippen molar-refractivity contribution in [3.05, 3.63) is 47.3 Å². The Morgan fingerprint density at radius 3 is 2.64 bits per heavy atom. The van der Waals surface area contributed by atoms with Gasteiger partial charge in [0.15, 0.2) is 5.69 Å². The lowest BCUT2D eigenvalue weighted by atomic mass is 9.94. The van der Waals surface area contributed by atoms with Gasteiger partial charge in [0.1, 0.15) is 11.2 Å². The SMILES string of the molecule is CCCCN1C(=O)c2cc(C(=O)Nc3ccccc3C)nn2C[C@@]1(C)C(=O)NC1CCCC1. The number of para-hydroxylation sites is 1. The summed E-state index contributed by atoms with van der Waals surface area (Å²) in [5.74, 6) is -0.789. The van der Waals surface area contributed by atoms with Crippen LogP contribution >= 0.6 is 0 Å². The number of carbonyl (C=O) groups is 3. The van der Waals surface area contributed by atoms with E-state index in [1.54, 1.807) is 4.90 Å². The second-order valence-electron chi connectivity index (χ2n) is 9.38. The van der Waals surface area contributed by atoms with Gasteiger partial charge in [0, 0.05) is 24.3 Å². The van der Waals surface area contributed by atoms with Gasteiger partial charge in [-0.1, -0.05) is 44.4 Å². The fourth-order valence-electron chi connectivity index (χ4n) is 4.73. The molecule has 2 aliphatic rings. The number of amides is 3. The highest BCUT2D eigenvalue weighted by Crippen LogP contribution is 2.29. The molecule has 0 spiro atoms. The van der Waals surface area contributed by atoms with Gasteiger partial charge in [0.2, 0.25) is 5.91 Å². The second-order valence-corrected chi connectivity index (χ2v) is 9.38. The Kier molecular flexibility index (Phi) is 6.54. The maximum atomic E-state index is 13.5. The molecule has 1 saturated carbocycles. The highest BCUT2D eigenvalue weighted by atomic mass is 16.2. The molecule has 0 saturated heterocycles. The van der Waals surface area contributed by atoms with Gasteiger partial charge in [-0.25, -0.2) is 0 Å². The fourth-order valence-corrected chi connectivity index (χ4v) is 4.73. The first-order chi connectivity index (χ1) is 15.8. The molecule has 1 atom stereocenters. The Hall–Kier alpha value is -3.16. The number of fused-ring (bicyclic) bond motifs is 1. The number of nitrogens with one attached hydrogen (secondary N) is 2. The van der Waals surface area contributed by atoms with Crippen molar-refractivity contribution >= 4 is 23.4 Å². The van der Waals surface area contributed by atoms with Gasteiger partial charge in [0.05, 0.1) is 6.54 Å². The Morgan fingerprint density at radius 2 is 1.94 bits per heavy atom. The van der Waals surface area contributed by atoms with E-state index in [9.17, 15) is 14.4 Å². The van der Waals surface area contributed by atoms with E-state index in [1.807, 2.05) is 38.1 Å². The molecular weight excluding hydrogens is 418 g/mol. The van der Waals surface area contributed by atoms with Crippen molar-refractivity contribution in [2.45, 2.75) is 77.4 Å². The summed E-state index contributed by atoms with van der Waals surface area (Å²) in [6.45, 7) is 6.48. The van der Waals surface area contributed by atoms with Crippen molar-refractivity contribution in [2.75, 3.05) is 11.9 Å². The molecule has 1 aromatic carbocycles. The van der Waals surface area contributed by atoms with E-state index in [4.69, 9.17) is 0 Å². The molecule has 8 nitrogen and oxygen atoms in total. The zero-order valence-electron chi connectivity index (χ0n) is 19.7. The predicted octanol–water partition coefficient (Wildman–Crippen LogP) is 3.52. The van der Waals surface area contributed by atoms with Gasteiger partial charge in [-0.05, 0) is 44.7 Å². The highest BCUT2D eigenvalue weighted by Gasteiger charge is 2.48. The van der Waals surface area contributed by atoms with Crippen LogP contribution in [-0.4, -0.2) is 50.5 Å². The molecule has 176 valence electrons. The van der Waals surface area contributed by atoms with Crippen LogP contribution in [-0.2, 0) is 11.3 Å². The van der Waals surface area contributed by atoms with Crippen molar-refractivity contribution in [2.24, 2.45) is 0 Å². The lowest BCUT2D eigenvalue weighted by molar-refractivity contribution is -0.133. The third kappa shape index (κ3) is 4.51. The number of benzene rings is 1. The monoisotopic (exact) mass is 451 g/mol. The van der Waals surface area contributed by atoms with Crippen LogP contribution in [0.4, 0.5) is 5.69 Å². The molecule has 1 aliphatic heterocycles. The molecule has 2 heterocycles. The van der Waals surface area contributed by atoms with E-state index >= 15 is 0 Å². The van der Waals surface area contributed by atoms with Gasteiger partial charge in [-0.3, -0.25) is 19.1 Å². The molecule has 8 heteroatoms. The predicted molar refractivity (Wildman–Crippen MR) is 126 cm³/mol. The molecule has 0 unspecified atom stereocenters. The Morgan fingerprint density at radius 1 is 1.21 bits per heavy atom. The summed E-state index contributed by atoms with van der Waals surface area (Å²) >= 11 is 0. The lowest BCUT2D eigenvalue weighted by Crippen LogP contribution is -2.65. The smallest absolute Gasteiger partial charge is 0.276 e. The minimum absolute atomic E-state index is 0.147. The van der Waals surface area contributed by atoms with E-state index in [0.29, 0.717) is 17.9 Å². The molecule has 2 N–H and O–H groups in total. The number of aryl methyl sites for hydroxylation is 1. The second kappa shape index (κ2) is 9.37. The number of hydrogen-bond acceptors (Lipinski definition) is 4. The van der Waals surface area contributed by atoms with E-state index in [1.165, 1.54) is 10.7 Å². The number of hydrogen-bond donors (Lipinski definition) is 2. The van der Waals surface area contributed by atoms with Crippen LogP contribution in [0.25, 0.3) is 0 Å². The van der Waals surface area contributed by atoms with Gasteiger partial charge < -0.3 is 15.5 Å². The van der Waals surface area contributed by atoms with Crippen LogP contribution in [0, 0.1) is 6.92 Å². The Balaban J connectivity index is 1.61. The number of nitrogens with zero attached hydrogens (tertiary/aromatic N) is 3. The zero-order chi connectivity index (χ0) is 23.6. The molecule has 1 fully saturated rings. The highest BCUT2D eigenvalue weighted by molar-refractivity contribution is 6.06. The third-order valence-corrected chi connectivity index (χ3v) is 6.84. The molecule has 33 heavy (non-hydrogen) atoms. The number of aromatic nitrogens is 2. The largest absolute Gasteiger partial charge is 0.351 e. The van der Waals surface area contributed by atoms with Crippen molar-refractivity contribution in [1.29, 1.82) is 0 Å². The lowest BCUT2D eigenvalue weighted by Gasteiger charge is -2.43. The molecule has 3 amide bonds. The number of carbonyl (C=O) groups excluding carboxylic acids is 3. The van der Waals surface area contributed by atoms with Crippen LogP contribution < -0.4 is 10.6 Å². The molecule has 1 aliphatic carbocycles. The summed E-state index contributed by atoms with van der Waals surface area (Å²) < 4.78 is 1.52. The third-order valence-electron chi connectivity index (χ3n) is 6.84. The molecule has 0 radical (unpaired) electrons. The van der Waals surface area contributed by atoms with Crippen LogP contribution in [0.1, 0.15) is 78.9 Å². The zero-order valence-corrected chi connectivity index (χ0v) is 19.7. The summed E-state index contributed by atoms with van der Waals surface area (Å²) in [4.78, 5) is 41.4. The standard InChI is InChI=1S/C25H33N5O3/c1-4-5-14-29-23(32)21-15-20(22(31)27-19-13-9-6-10-17(19)2)28-30(21)16-25(29,3)24(33)26-18-11-7-8-12-18/h6,9-10,13,15,18H,4-5,7-8,11-12,14,16H2,1-3H3,(H,26,33)(H,27,31)/t25-/m0/s1. The van der Waals surface area contributed by atoms with E-state index in [0.717, 1.165) is 44.1 Å². The van der Waals surface area contributed by atoms with Crippen molar-refractivity contribution in [1.82, 2.24) is 20.0 Å². The van der Waals surface area contributed by atoms with E-state index in [2.05, 4.69) is 22.7 Å². The van der Waals surface area contributed by atoms with Gasteiger partial charge in [0.25, 0.3) is 11.8 Å². The van der Waals surface area contributed by atoms with Crippen LogP contribution in [0.5, 0.6) is 0 Å². The maximum absolute atomic E-state index is 13.5. The minimum atomic E-state index is -1.06. The summed E-state index contributed by atoms with van der Waals surface area (Å²) in [5, 5.41) is 10.5. The van der Waals surface area contributed by atoms with Crippen LogP contribution in [0.2, 0.25) is 0 Å². The summed E-state index contributed by atoms with van der Waals surface area (Å²) in [7, 11) is 0. The Bertz CT molecular complexity index is 1060. The van der Waals surface area contributed by atoms with Gasteiger partial charge in [-0.15, -0.1) is 0 Å². The van der Waals surface area contributed by atoms with Crippen LogP contribution in [0.3, 0.4) is 0 Å². The van der Waals surface area contributed by atoms with Crippen molar-refractivity contribution in [3.8, 4) is 0 Å². The van der Waals surface area contributed by atoms with Crippen molar-refractivity contribution in [3.63, 3.8) is 0 Å². The topological polar surface area (TPSA) is 96.3 Å². The minimum Gasteiger partial charge on any atom is -0.351 e. The van der Waals surface area contributed by atoms with E-state index in [-0.39, 0.29) is 36.0 Å². The summed E-state index contributed by atoms with van der Waals surface area (Å²) in [6.07, 6.45) is 5.88. The molecule has 4 rings (SSSR count). The Labute approximate surface area is 194 Å². The average molecular weight is 452 g/mol. The molecule has 2 aromatic rings. The number of anilines is 1. The van der Waals surface area contributed by atoms with Crippen molar-refractivity contribution < 1.29 is 14.4 Å². The van der Waals surface area contributed by atoms with Gasteiger partial charge in [-0.2, -0.15) is 5.10 Å². The first kappa shape index (κ1) is 23.0. The average Bonchev–Trinajstić information content (AvgIpc) is 3.45. The summed E-state index contributed by atoms with van der Waals surface area (Å²) in [5.41, 5.74) is 1.08. The van der Waals surface area contributed by atoms with Crippen LogP contribution in [0.15, 0.2) is 30.3 Å². The molecule has 1 aromatic heterocycles. The summed E-state index contributed by atoms with van der Waals surface area (Å²) in [6, 6.07) is 9.18. The number of unbranched alkanes of at least 4 members (excludes halogenated alkanes) is 1. The first-order valence-electron chi connectivity index (χ1n) is 11.9. The number of rotatable bonds is 7. The van der Waals surface area contributed by atoms with E-state index < -0.39 is 5.54 Å². The molecule has 0 bridgehead atoms. The molecular formula is C25H33N5O3. The normalized spacial score (nSPS) is 20.6. The quantitative estimate of drug-likeness (QED) is 0.673.